The van der Waals surface area contributed by atoms with Crippen LogP contribution in [0.3, 0.4) is 0 Å². The first-order valence-electron chi connectivity index (χ1n) is 10.8. The number of amides is 1. The number of pyridine rings is 2. The van der Waals surface area contributed by atoms with Crippen LogP contribution in [0.5, 0.6) is 0 Å². The minimum absolute atomic E-state index is 0.0366. The number of hydrogen-bond acceptors (Lipinski definition) is 5. The second-order valence-corrected chi connectivity index (χ2v) is 8.29. The van der Waals surface area contributed by atoms with Gasteiger partial charge in [0.1, 0.15) is 5.69 Å². The van der Waals surface area contributed by atoms with Crippen LogP contribution in [-0.2, 0) is 6.18 Å². The molecule has 1 aliphatic heterocycles. The number of aromatic nitrogens is 2. The van der Waals surface area contributed by atoms with Gasteiger partial charge in [-0.05, 0) is 59.0 Å². The van der Waals surface area contributed by atoms with Gasteiger partial charge in [0.2, 0.25) is 0 Å². The zero-order valence-corrected chi connectivity index (χ0v) is 18.3. The van der Waals surface area contributed by atoms with Crippen molar-refractivity contribution < 1.29 is 18.0 Å². The zero-order chi connectivity index (χ0) is 24.6. The van der Waals surface area contributed by atoms with Crippen LogP contribution in [0.4, 0.5) is 18.9 Å². The van der Waals surface area contributed by atoms with E-state index in [1.165, 1.54) is 0 Å². The van der Waals surface area contributed by atoms with Gasteiger partial charge >= 0.3 is 6.18 Å². The summed E-state index contributed by atoms with van der Waals surface area (Å²) in [7, 11) is 0. The highest BCUT2D eigenvalue weighted by Crippen LogP contribution is 2.32. The first-order valence-corrected chi connectivity index (χ1v) is 10.8. The van der Waals surface area contributed by atoms with Crippen molar-refractivity contribution in [1.82, 2.24) is 14.9 Å². The van der Waals surface area contributed by atoms with Crippen LogP contribution in [0.15, 0.2) is 73.2 Å². The molecule has 0 atom stereocenters. The van der Waals surface area contributed by atoms with Crippen molar-refractivity contribution in [3.63, 3.8) is 0 Å². The maximum atomic E-state index is 12.7. The van der Waals surface area contributed by atoms with E-state index in [0.717, 1.165) is 45.9 Å². The van der Waals surface area contributed by atoms with Crippen molar-refractivity contribution in [3.05, 3.63) is 90.0 Å². The summed E-state index contributed by atoms with van der Waals surface area (Å²) in [6.45, 7) is 0.797. The van der Waals surface area contributed by atoms with Gasteiger partial charge in [0, 0.05) is 42.8 Å². The number of alkyl halides is 3. The molecule has 4 aromatic rings. The molecular weight excluding hydrogens is 455 g/mol. The lowest BCUT2D eigenvalue weighted by atomic mass is 9.98. The molecular formula is C26H18F3N5O. The first kappa shape index (κ1) is 22.3. The minimum Gasteiger partial charge on any atom is -0.378 e. The largest absolute Gasteiger partial charge is 0.433 e. The molecule has 1 fully saturated rings. The Morgan fingerprint density at radius 2 is 1.89 bits per heavy atom. The number of likely N-dealkylation sites (tertiary alicyclic amines) is 1. The van der Waals surface area contributed by atoms with Crippen molar-refractivity contribution in [2.75, 3.05) is 18.4 Å². The van der Waals surface area contributed by atoms with E-state index in [4.69, 9.17) is 0 Å². The number of nitrogens with one attached hydrogen (secondary N) is 1. The van der Waals surface area contributed by atoms with Gasteiger partial charge in [0.15, 0.2) is 0 Å². The average Bonchev–Trinajstić information content (AvgIpc) is 2.85. The van der Waals surface area contributed by atoms with E-state index in [1.54, 1.807) is 23.4 Å². The lowest BCUT2D eigenvalue weighted by Gasteiger charge is -2.40. The molecule has 0 spiro atoms. The highest BCUT2D eigenvalue weighted by Gasteiger charge is 2.34. The molecule has 0 bridgehead atoms. The quantitative estimate of drug-likeness (QED) is 0.445. The van der Waals surface area contributed by atoms with Crippen LogP contribution in [-0.4, -0.2) is 39.9 Å². The Hall–Kier alpha value is -4.45. The molecule has 1 amide bonds. The number of nitriles is 1. The first-order chi connectivity index (χ1) is 16.8. The van der Waals surface area contributed by atoms with Crippen molar-refractivity contribution in [3.8, 4) is 17.2 Å². The molecule has 0 saturated carbocycles. The third-order valence-corrected chi connectivity index (χ3v) is 5.91. The van der Waals surface area contributed by atoms with Gasteiger partial charge in [-0.15, -0.1) is 0 Å². The Labute approximate surface area is 198 Å². The van der Waals surface area contributed by atoms with E-state index in [-0.39, 0.29) is 17.5 Å². The van der Waals surface area contributed by atoms with Gasteiger partial charge in [-0.1, -0.05) is 12.1 Å². The predicted molar refractivity (Wildman–Crippen MR) is 124 cm³/mol. The summed E-state index contributed by atoms with van der Waals surface area (Å²) in [5.74, 6) is -0.363. The minimum atomic E-state index is -4.55. The Bertz CT molecular complexity index is 1450. The van der Waals surface area contributed by atoms with Gasteiger partial charge in [-0.25, -0.2) is 0 Å². The Balaban J connectivity index is 1.33. The van der Waals surface area contributed by atoms with Crippen LogP contribution in [0, 0.1) is 11.3 Å². The SMILES string of the molecule is N#Cc1cccc(-c2cc(NC3CN(C(=O)c4ccc(C(F)(F)F)nc4)C3)c3cnccc3c2)c1. The molecule has 35 heavy (non-hydrogen) atoms. The Morgan fingerprint density at radius 1 is 1.06 bits per heavy atom. The lowest BCUT2D eigenvalue weighted by Crippen LogP contribution is -2.57. The predicted octanol–water partition coefficient (Wildman–Crippen LogP) is 5.12. The van der Waals surface area contributed by atoms with E-state index >= 15 is 0 Å². The molecule has 0 unspecified atom stereocenters. The number of fused-ring (bicyclic) bond motifs is 1. The number of rotatable bonds is 4. The monoisotopic (exact) mass is 473 g/mol. The van der Waals surface area contributed by atoms with E-state index in [0.29, 0.717) is 18.7 Å². The second-order valence-electron chi connectivity index (χ2n) is 8.29. The number of halogens is 3. The summed E-state index contributed by atoms with van der Waals surface area (Å²) in [4.78, 5) is 21.8. The lowest BCUT2D eigenvalue weighted by molar-refractivity contribution is -0.141. The molecule has 6 nitrogen and oxygen atoms in total. The molecule has 0 radical (unpaired) electrons. The van der Waals surface area contributed by atoms with Gasteiger partial charge in [-0.2, -0.15) is 18.4 Å². The summed E-state index contributed by atoms with van der Waals surface area (Å²) in [6.07, 6.45) is -0.106. The highest BCUT2D eigenvalue weighted by atomic mass is 19.4. The van der Waals surface area contributed by atoms with Gasteiger partial charge < -0.3 is 10.2 Å². The molecule has 2 aromatic carbocycles. The van der Waals surface area contributed by atoms with Crippen molar-refractivity contribution in [2.45, 2.75) is 12.2 Å². The summed E-state index contributed by atoms with van der Waals surface area (Å²) in [5, 5.41) is 14.6. The number of anilines is 1. The normalized spacial score (nSPS) is 13.8. The summed E-state index contributed by atoms with van der Waals surface area (Å²) in [5.41, 5.74) is 2.35. The number of nitrogens with zero attached hydrogens (tertiary/aromatic N) is 4. The summed E-state index contributed by atoms with van der Waals surface area (Å²) in [6, 6.07) is 17.4. The smallest absolute Gasteiger partial charge is 0.378 e. The van der Waals surface area contributed by atoms with Crippen LogP contribution in [0.2, 0.25) is 0 Å². The van der Waals surface area contributed by atoms with Crippen LogP contribution in [0.25, 0.3) is 21.9 Å². The fraction of sp³-hybridized carbons (Fsp3) is 0.154. The van der Waals surface area contributed by atoms with E-state index in [2.05, 4.69) is 21.4 Å². The molecule has 1 N–H and O–H groups in total. The molecule has 174 valence electrons. The Morgan fingerprint density at radius 3 is 2.60 bits per heavy atom. The fourth-order valence-electron chi connectivity index (χ4n) is 4.08. The second kappa shape index (κ2) is 8.72. The van der Waals surface area contributed by atoms with E-state index in [9.17, 15) is 23.2 Å². The molecule has 3 heterocycles. The molecule has 2 aromatic heterocycles. The maximum Gasteiger partial charge on any atom is 0.433 e. The summed E-state index contributed by atoms with van der Waals surface area (Å²) >= 11 is 0. The number of carbonyl (C=O) groups is 1. The number of benzene rings is 2. The van der Waals surface area contributed by atoms with Crippen molar-refractivity contribution in [2.24, 2.45) is 0 Å². The third-order valence-electron chi connectivity index (χ3n) is 5.91. The van der Waals surface area contributed by atoms with Crippen LogP contribution in [0.1, 0.15) is 21.6 Å². The van der Waals surface area contributed by atoms with Crippen LogP contribution >= 0.6 is 0 Å². The molecule has 1 saturated heterocycles. The molecule has 9 heteroatoms. The van der Waals surface area contributed by atoms with E-state index < -0.39 is 11.9 Å². The fourth-order valence-corrected chi connectivity index (χ4v) is 4.08. The van der Waals surface area contributed by atoms with Gasteiger partial charge in [-0.3, -0.25) is 14.8 Å². The maximum absolute atomic E-state index is 12.7. The van der Waals surface area contributed by atoms with Crippen molar-refractivity contribution in [1.29, 1.82) is 5.26 Å². The number of carbonyl (C=O) groups excluding carboxylic acids is 1. The summed E-state index contributed by atoms with van der Waals surface area (Å²) < 4.78 is 38.1. The third kappa shape index (κ3) is 4.51. The standard InChI is InChI=1S/C26H18F3N5O/c27-26(28,29)24-5-4-19(12-32-24)25(35)34-14-21(15-34)33-23-10-20(9-18-6-7-31-13-22(18)23)17-3-1-2-16(8-17)11-30/h1-10,12-13,21,33H,14-15H2. The molecule has 0 aliphatic carbocycles. The highest BCUT2D eigenvalue weighted by molar-refractivity contribution is 5.98. The van der Waals surface area contributed by atoms with Crippen molar-refractivity contribution >= 4 is 22.4 Å². The van der Waals surface area contributed by atoms with E-state index in [1.807, 2.05) is 36.4 Å². The zero-order valence-electron chi connectivity index (χ0n) is 18.3. The average molecular weight is 473 g/mol. The molecule has 5 rings (SSSR count). The number of hydrogen-bond donors (Lipinski definition) is 1. The van der Waals surface area contributed by atoms with Gasteiger partial charge in [0.05, 0.1) is 23.2 Å². The Kier molecular flexibility index (Phi) is 5.57. The molecule has 1 aliphatic rings. The topological polar surface area (TPSA) is 81.9 Å². The van der Waals surface area contributed by atoms with Crippen LogP contribution < -0.4 is 5.32 Å². The van der Waals surface area contributed by atoms with Gasteiger partial charge in [0.25, 0.3) is 5.91 Å².